The first kappa shape index (κ1) is 27.2. The summed E-state index contributed by atoms with van der Waals surface area (Å²) >= 11 is 0. The molecule has 0 spiro atoms. The summed E-state index contributed by atoms with van der Waals surface area (Å²) in [5.41, 5.74) is -15.7. The molecule has 1 heterocycles. The monoisotopic (exact) mass is 466 g/mol. The molecular weight excluding hydrogens is 441 g/mol. The Morgan fingerprint density at radius 1 is 0.733 bits per heavy atom. The van der Waals surface area contributed by atoms with Gasteiger partial charge in [-0.15, -0.1) is 0 Å². The van der Waals surface area contributed by atoms with Gasteiger partial charge < -0.3 is 0 Å². The fraction of sp³-hybridized carbons (Fsp3) is 1.00. The van der Waals surface area contributed by atoms with Crippen LogP contribution in [0.1, 0.15) is 60.8 Å². The van der Waals surface area contributed by atoms with Crippen molar-refractivity contribution in [1.82, 2.24) is 0 Å². The molecule has 0 amide bonds. The van der Waals surface area contributed by atoms with Crippen LogP contribution in [0.3, 0.4) is 0 Å². The summed E-state index contributed by atoms with van der Waals surface area (Å²) in [4.78, 5) is 0. The second kappa shape index (κ2) is 7.10. The van der Waals surface area contributed by atoms with Crippen LogP contribution in [0.15, 0.2) is 0 Å². The fourth-order valence-corrected chi connectivity index (χ4v) is 3.60. The maximum atomic E-state index is 15.8. The minimum Gasteiger partial charge on any atom is -0.291 e. The van der Waals surface area contributed by atoms with Gasteiger partial charge in [-0.25, -0.2) is 13.2 Å². The van der Waals surface area contributed by atoms with Gasteiger partial charge in [0.05, 0.1) is 5.92 Å². The Balaban J connectivity index is 4.09. The van der Waals surface area contributed by atoms with Crippen LogP contribution >= 0.6 is 0 Å². The molecule has 2 unspecified atom stereocenters. The Morgan fingerprint density at radius 3 is 1.43 bits per heavy atom. The first-order valence-electron chi connectivity index (χ1n) is 9.20. The highest BCUT2D eigenvalue weighted by atomic mass is 19.4. The molecule has 0 saturated carbocycles. The highest BCUT2D eigenvalue weighted by Gasteiger charge is 2.95. The van der Waals surface area contributed by atoms with Crippen molar-refractivity contribution in [3.8, 4) is 0 Å². The van der Waals surface area contributed by atoms with Crippen LogP contribution in [0.4, 0.5) is 48.3 Å². The van der Waals surface area contributed by atoms with Crippen molar-refractivity contribution in [2.24, 2.45) is 16.7 Å². The van der Waals surface area contributed by atoms with Crippen molar-refractivity contribution in [2.45, 2.75) is 96.5 Å². The van der Waals surface area contributed by atoms with Gasteiger partial charge in [-0.2, -0.15) is 35.1 Å². The standard InChI is InChI=1S/C18H25F11O/c1-7-11(3,4)9-10-13(19,15(20,21)12(5,6)8-2)18(28,29)30-14(10,16(22,23)24)17(25,26)27/h10H,7-9H2,1-6H3. The van der Waals surface area contributed by atoms with E-state index in [1.165, 1.54) is 6.92 Å². The summed E-state index contributed by atoms with van der Waals surface area (Å²) in [5.74, 6) is -9.28. The molecule has 0 bridgehead atoms. The molecule has 12 heteroatoms. The Kier molecular flexibility index (Phi) is 6.44. The molecule has 1 saturated heterocycles. The smallest absolute Gasteiger partial charge is 0.291 e. The minimum atomic E-state index is -6.65. The lowest BCUT2D eigenvalue weighted by Gasteiger charge is -2.47. The molecule has 30 heavy (non-hydrogen) atoms. The van der Waals surface area contributed by atoms with Crippen LogP contribution in [-0.4, -0.2) is 35.7 Å². The number of alkyl halides is 11. The molecule has 0 aromatic carbocycles. The number of halogens is 11. The lowest BCUT2D eigenvalue weighted by molar-refractivity contribution is -0.423. The number of hydrogen-bond acceptors (Lipinski definition) is 1. The lowest BCUT2D eigenvalue weighted by Crippen LogP contribution is -2.68. The first-order chi connectivity index (χ1) is 12.9. The lowest BCUT2D eigenvalue weighted by atomic mass is 9.62. The zero-order valence-electron chi connectivity index (χ0n) is 17.3. The van der Waals surface area contributed by atoms with E-state index in [9.17, 15) is 35.1 Å². The maximum Gasteiger partial charge on any atom is 0.427 e. The van der Waals surface area contributed by atoms with Crippen LogP contribution in [0.25, 0.3) is 0 Å². The SMILES string of the molecule is CCC(C)(C)CC1C(F)(C(F)(F)C(C)(C)CC)C(F)(F)OC1(C(F)(F)F)C(F)(F)F. The average molecular weight is 466 g/mol. The molecule has 1 aliphatic heterocycles. The molecule has 1 fully saturated rings. The van der Waals surface area contributed by atoms with E-state index in [4.69, 9.17) is 0 Å². The van der Waals surface area contributed by atoms with E-state index in [1.807, 2.05) is 0 Å². The van der Waals surface area contributed by atoms with Crippen molar-refractivity contribution in [1.29, 1.82) is 0 Å². The van der Waals surface area contributed by atoms with Crippen molar-refractivity contribution >= 4 is 0 Å². The molecule has 0 N–H and O–H groups in total. The van der Waals surface area contributed by atoms with Crippen molar-refractivity contribution in [3.63, 3.8) is 0 Å². The molecule has 0 radical (unpaired) electrons. The zero-order chi connectivity index (χ0) is 24.4. The molecule has 0 aromatic heterocycles. The molecule has 1 rings (SSSR count). The van der Waals surface area contributed by atoms with E-state index in [2.05, 4.69) is 4.74 Å². The third-order valence-electron chi connectivity index (χ3n) is 6.43. The molecule has 0 aromatic rings. The topological polar surface area (TPSA) is 9.23 Å². The highest BCUT2D eigenvalue weighted by Crippen LogP contribution is 2.71. The Bertz CT molecular complexity index is 619. The number of rotatable bonds is 6. The Morgan fingerprint density at radius 2 is 1.13 bits per heavy atom. The van der Waals surface area contributed by atoms with Crippen molar-refractivity contribution < 1.29 is 53.0 Å². The number of ether oxygens (including phenoxy) is 1. The number of hydrogen-bond donors (Lipinski definition) is 0. The Labute approximate surface area is 167 Å². The van der Waals surface area contributed by atoms with Gasteiger partial charge in [0.25, 0.3) is 17.2 Å². The highest BCUT2D eigenvalue weighted by molar-refractivity contribution is 5.23. The van der Waals surface area contributed by atoms with E-state index in [1.54, 1.807) is 0 Å². The fourth-order valence-electron chi connectivity index (χ4n) is 3.60. The molecule has 2 atom stereocenters. The normalized spacial score (nSPS) is 28.1. The Hall–Kier alpha value is -0.810. The predicted octanol–water partition coefficient (Wildman–Crippen LogP) is 7.70. The molecule has 1 nitrogen and oxygen atoms in total. The molecule has 1 aliphatic rings. The van der Waals surface area contributed by atoms with Crippen LogP contribution in [-0.2, 0) is 4.74 Å². The summed E-state index contributed by atoms with van der Waals surface area (Å²) in [6, 6.07) is 0. The van der Waals surface area contributed by atoms with Gasteiger partial charge in [-0.05, 0) is 18.3 Å². The second-order valence-corrected chi connectivity index (χ2v) is 9.15. The van der Waals surface area contributed by atoms with Crippen LogP contribution < -0.4 is 0 Å². The van der Waals surface area contributed by atoms with Gasteiger partial charge >= 0.3 is 18.5 Å². The first-order valence-corrected chi connectivity index (χ1v) is 9.20. The van der Waals surface area contributed by atoms with E-state index < -0.39 is 65.2 Å². The average Bonchev–Trinajstić information content (AvgIpc) is 2.73. The van der Waals surface area contributed by atoms with E-state index >= 15 is 13.2 Å². The maximum absolute atomic E-state index is 15.8. The third-order valence-corrected chi connectivity index (χ3v) is 6.43. The molecule has 180 valence electrons. The van der Waals surface area contributed by atoms with E-state index in [0.29, 0.717) is 13.8 Å². The molecular formula is C18H25F11O. The van der Waals surface area contributed by atoms with E-state index in [0.717, 1.165) is 20.8 Å². The van der Waals surface area contributed by atoms with Crippen molar-refractivity contribution in [3.05, 3.63) is 0 Å². The van der Waals surface area contributed by atoms with Crippen LogP contribution in [0.2, 0.25) is 0 Å². The quantitative estimate of drug-likeness (QED) is 0.365. The predicted molar refractivity (Wildman–Crippen MR) is 85.9 cm³/mol. The zero-order valence-corrected chi connectivity index (χ0v) is 17.3. The summed E-state index contributed by atoms with van der Waals surface area (Å²) in [6.07, 6.45) is -21.9. The van der Waals surface area contributed by atoms with Gasteiger partial charge in [0.15, 0.2) is 0 Å². The van der Waals surface area contributed by atoms with Gasteiger partial charge in [0.2, 0.25) is 0 Å². The summed E-state index contributed by atoms with van der Waals surface area (Å²) in [5, 5.41) is 0. The summed E-state index contributed by atoms with van der Waals surface area (Å²) < 4.78 is 161. The third kappa shape index (κ3) is 3.48. The largest absolute Gasteiger partial charge is 0.427 e. The van der Waals surface area contributed by atoms with Crippen molar-refractivity contribution in [2.75, 3.05) is 0 Å². The second-order valence-electron chi connectivity index (χ2n) is 9.15. The van der Waals surface area contributed by atoms with Gasteiger partial charge in [0, 0.05) is 5.41 Å². The van der Waals surface area contributed by atoms with Gasteiger partial charge in [0.1, 0.15) is 0 Å². The summed E-state index contributed by atoms with van der Waals surface area (Å²) in [7, 11) is 0. The van der Waals surface area contributed by atoms with Gasteiger partial charge in [-0.1, -0.05) is 48.0 Å². The van der Waals surface area contributed by atoms with E-state index in [-0.39, 0.29) is 6.42 Å². The van der Waals surface area contributed by atoms with Gasteiger partial charge in [-0.3, -0.25) is 4.74 Å². The molecule has 0 aliphatic carbocycles. The van der Waals surface area contributed by atoms with Crippen LogP contribution in [0, 0.1) is 16.7 Å². The minimum absolute atomic E-state index is 0.195. The summed E-state index contributed by atoms with van der Waals surface area (Å²) in [6.45, 7) is 5.65. The van der Waals surface area contributed by atoms with Crippen LogP contribution in [0.5, 0.6) is 0 Å².